The largest absolute Gasteiger partial charge is 0.481 e. The molecule has 0 aliphatic carbocycles. The van der Waals surface area contributed by atoms with E-state index in [2.05, 4.69) is 4.36 Å². The third-order valence-corrected chi connectivity index (χ3v) is 5.48. The van der Waals surface area contributed by atoms with E-state index in [9.17, 15) is 13.8 Å². The summed E-state index contributed by atoms with van der Waals surface area (Å²) < 4.78 is 16.2. The maximum absolute atomic E-state index is 12.3. The van der Waals surface area contributed by atoms with Crippen molar-refractivity contribution in [1.82, 2.24) is 0 Å². The molecule has 0 aliphatic rings. The molecule has 0 radical (unpaired) electrons. The van der Waals surface area contributed by atoms with Crippen molar-refractivity contribution in [1.29, 1.82) is 0 Å². The van der Waals surface area contributed by atoms with Crippen LogP contribution in [0.15, 0.2) is 4.36 Å². The van der Waals surface area contributed by atoms with E-state index in [1.807, 2.05) is 0 Å². The first-order chi connectivity index (χ1) is 8.80. The van der Waals surface area contributed by atoms with Gasteiger partial charge in [-0.2, -0.15) is 0 Å². The predicted octanol–water partition coefficient (Wildman–Crippen LogP) is 1.84. The zero-order chi connectivity index (χ0) is 14.9. The number of carboxylic acid groups (broad SMARTS) is 2. The summed E-state index contributed by atoms with van der Waals surface area (Å²) in [5.41, 5.74) is 0. The smallest absolute Gasteiger partial charge is 0.306 e. The molecule has 0 rings (SSSR count). The molecule has 0 spiro atoms. The van der Waals surface area contributed by atoms with E-state index in [0.29, 0.717) is 37.2 Å². The van der Waals surface area contributed by atoms with Crippen molar-refractivity contribution >= 4 is 21.7 Å². The average Bonchev–Trinajstić information content (AvgIpc) is 2.34. The number of nitrogens with zero attached hydrogens (tertiary/aromatic N) is 1. The number of carbonyl (C=O) groups is 2. The number of hydrogen-bond donors (Lipinski definition) is 2. The molecule has 0 saturated carbocycles. The third kappa shape index (κ3) is 8.58. The molecular formula is C12H23NO5S. The number of unbranched alkanes of at least 4 members (excludes halogenated alkanes) is 1. The Hall–Kier alpha value is -1.11. The summed E-state index contributed by atoms with van der Waals surface area (Å²) in [4.78, 5) is 21.0. The van der Waals surface area contributed by atoms with Gasteiger partial charge in [0, 0.05) is 34.7 Å². The molecule has 6 nitrogen and oxygen atoms in total. The standard InChI is InChI=1S/C12H23NO5S/c1-10(12(16)17)6-5-9-19(18,13-2)8-4-3-7-11(14)15/h10H,3-9H2,1-2H3,(H,14,15)(H,16,17). The summed E-state index contributed by atoms with van der Waals surface area (Å²) in [7, 11) is -0.807. The van der Waals surface area contributed by atoms with Crippen molar-refractivity contribution in [2.75, 3.05) is 18.6 Å². The molecule has 0 aromatic rings. The van der Waals surface area contributed by atoms with E-state index in [-0.39, 0.29) is 6.42 Å². The minimum atomic E-state index is -2.31. The quantitative estimate of drug-likeness (QED) is 0.598. The molecular weight excluding hydrogens is 270 g/mol. The van der Waals surface area contributed by atoms with Gasteiger partial charge in [-0.3, -0.25) is 9.59 Å². The van der Waals surface area contributed by atoms with Gasteiger partial charge in [0.15, 0.2) is 0 Å². The Labute approximate surface area is 114 Å². The number of aliphatic carboxylic acids is 2. The van der Waals surface area contributed by atoms with Crippen molar-refractivity contribution in [2.45, 2.75) is 39.0 Å². The molecule has 7 heteroatoms. The number of carboxylic acids is 2. The molecule has 0 bridgehead atoms. The normalized spacial score (nSPS) is 15.5. The molecule has 2 N–H and O–H groups in total. The lowest BCUT2D eigenvalue weighted by molar-refractivity contribution is -0.141. The van der Waals surface area contributed by atoms with Crippen LogP contribution >= 0.6 is 0 Å². The Morgan fingerprint density at radius 3 is 2.21 bits per heavy atom. The average molecular weight is 293 g/mol. The summed E-state index contributed by atoms with van der Waals surface area (Å²) in [5, 5.41) is 17.2. The first-order valence-electron chi connectivity index (χ1n) is 6.36. The van der Waals surface area contributed by atoms with Gasteiger partial charge in [0.05, 0.1) is 5.92 Å². The predicted molar refractivity (Wildman–Crippen MR) is 73.7 cm³/mol. The second-order valence-electron chi connectivity index (χ2n) is 4.60. The molecule has 0 saturated heterocycles. The minimum Gasteiger partial charge on any atom is -0.481 e. The lowest BCUT2D eigenvalue weighted by Crippen LogP contribution is -2.15. The van der Waals surface area contributed by atoms with Crippen LogP contribution in [0.3, 0.4) is 0 Å². The molecule has 112 valence electrons. The molecule has 19 heavy (non-hydrogen) atoms. The van der Waals surface area contributed by atoms with Crippen LogP contribution in [0.2, 0.25) is 0 Å². The van der Waals surface area contributed by atoms with Crippen LogP contribution in [0.4, 0.5) is 0 Å². The van der Waals surface area contributed by atoms with Gasteiger partial charge in [-0.25, -0.2) is 8.57 Å². The van der Waals surface area contributed by atoms with Gasteiger partial charge >= 0.3 is 11.9 Å². The van der Waals surface area contributed by atoms with Gasteiger partial charge in [-0.05, 0) is 25.7 Å². The lowest BCUT2D eigenvalue weighted by Gasteiger charge is -2.10. The maximum atomic E-state index is 12.3. The van der Waals surface area contributed by atoms with E-state index in [4.69, 9.17) is 10.2 Å². The van der Waals surface area contributed by atoms with E-state index in [0.717, 1.165) is 0 Å². The van der Waals surface area contributed by atoms with E-state index in [1.165, 1.54) is 7.05 Å². The Kier molecular flexibility index (Phi) is 8.38. The van der Waals surface area contributed by atoms with E-state index in [1.54, 1.807) is 6.92 Å². The van der Waals surface area contributed by atoms with E-state index >= 15 is 0 Å². The lowest BCUT2D eigenvalue weighted by atomic mass is 10.1. The minimum absolute atomic E-state index is 0.0787. The number of rotatable bonds is 10. The van der Waals surface area contributed by atoms with Crippen LogP contribution in [0.5, 0.6) is 0 Å². The second kappa shape index (κ2) is 8.90. The highest BCUT2D eigenvalue weighted by Crippen LogP contribution is 2.10. The van der Waals surface area contributed by atoms with Crippen molar-refractivity contribution in [2.24, 2.45) is 10.3 Å². The Bertz CT molecular complexity index is 412. The first-order valence-corrected chi connectivity index (χ1v) is 8.21. The van der Waals surface area contributed by atoms with Crippen LogP contribution in [-0.2, 0) is 19.3 Å². The highest BCUT2D eigenvalue weighted by Gasteiger charge is 2.13. The molecule has 0 fully saturated rings. The van der Waals surface area contributed by atoms with Crippen LogP contribution in [0.25, 0.3) is 0 Å². The van der Waals surface area contributed by atoms with E-state index < -0.39 is 27.6 Å². The molecule has 2 atom stereocenters. The Morgan fingerprint density at radius 2 is 1.74 bits per heavy atom. The molecule has 0 heterocycles. The fourth-order valence-corrected chi connectivity index (χ4v) is 3.47. The Balaban J connectivity index is 4.07. The van der Waals surface area contributed by atoms with Crippen LogP contribution in [0.1, 0.15) is 39.0 Å². The molecule has 0 aromatic heterocycles. The van der Waals surface area contributed by atoms with Gasteiger partial charge in [0.1, 0.15) is 0 Å². The van der Waals surface area contributed by atoms with Gasteiger partial charge in [0.25, 0.3) is 0 Å². The fraction of sp³-hybridized carbons (Fsp3) is 0.833. The number of hydrogen-bond acceptors (Lipinski definition) is 4. The highest BCUT2D eigenvalue weighted by atomic mass is 32.2. The van der Waals surface area contributed by atoms with Gasteiger partial charge in [-0.1, -0.05) is 6.92 Å². The highest BCUT2D eigenvalue weighted by molar-refractivity contribution is 7.93. The van der Waals surface area contributed by atoms with Crippen molar-refractivity contribution in [3.63, 3.8) is 0 Å². The zero-order valence-corrected chi connectivity index (χ0v) is 12.3. The maximum Gasteiger partial charge on any atom is 0.306 e. The van der Waals surface area contributed by atoms with Gasteiger partial charge in [-0.15, -0.1) is 0 Å². The summed E-state index contributed by atoms with van der Waals surface area (Å²) in [6.07, 6.45) is 2.18. The Morgan fingerprint density at radius 1 is 1.16 bits per heavy atom. The second-order valence-corrected chi connectivity index (χ2v) is 7.32. The van der Waals surface area contributed by atoms with Crippen LogP contribution in [-0.4, -0.2) is 44.9 Å². The van der Waals surface area contributed by atoms with Crippen LogP contribution < -0.4 is 0 Å². The molecule has 0 aliphatic heterocycles. The van der Waals surface area contributed by atoms with Gasteiger partial charge < -0.3 is 10.2 Å². The topological polar surface area (TPSA) is 104 Å². The monoisotopic (exact) mass is 293 g/mol. The SMILES string of the molecule is CN=S(=O)(CCCCC(=O)O)CCCC(C)C(=O)O. The molecule has 0 amide bonds. The molecule has 2 unspecified atom stereocenters. The summed E-state index contributed by atoms with van der Waals surface area (Å²) in [6.45, 7) is 1.63. The third-order valence-electron chi connectivity index (χ3n) is 2.96. The molecule has 0 aromatic carbocycles. The van der Waals surface area contributed by atoms with Crippen molar-refractivity contribution in [3.8, 4) is 0 Å². The van der Waals surface area contributed by atoms with Crippen molar-refractivity contribution < 1.29 is 24.0 Å². The fourth-order valence-electron chi connectivity index (χ4n) is 1.63. The van der Waals surface area contributed by atoms with Crippen molar-refractivity contribution in [3.05, 3.63) is 0 Å². The van der Waals surface area contributed by atoms with Crippen LogP contribution in [0, 0.1) is 5.92 Å². The first kappa shape index (κ1) is 17.9. The summed E-state index contributed by atoms with van der Waals surface area (Å²) in [6, 6.07) is 0. The summed E-state index contributed by atoms with van der Waals surface area (Å²) in [5.74, 6) is -1.36. The zero-order valence-electron chi connectivity index (χ0n) is 11.5. The van der Waals surface area contributed by atoms with Gasteiger partial charge in [0.2, 0.25) is 0 Å². The summed E-state index contributed by atoms with van der Waals surface area (Å²) >= 11 is 0.